The van der Waals surface area contributed by atoms with Crippen LogP contribution in [0.1, 0.15) is 12.6 Å². The molecule has 0 bridgehead atoms. The lowest BCUT2D eigenvalue weighted by atomic mass is 10.4. The van der Waals surface area contributed by atoms with Crippen molar-refractivity contribution in [3.05, 3.63) is 18.0 Å². The van der Waals surface area contributed by atoms with Gasteiger partial charge >= 0.3 is 0 Å². The number of aryl methyl sites for hydroxylation is 1. The molecule has 2 N–H and O–H groups in total. The van der Waals surface area contributed by atoms with Gasteiger partial charge in [-0.3, -0.25) is 0 Å². The minimum absolute atomic E-state index is 0.332. The van der Waals surface area contributed by atoms with Crippen molar-refractivity contribution < 1.29 is 8.42 Å². The van der Waals surface area contributed by atoms with Gasteiger partial charge in [0.05, 0.1) is 4.90 Å². The van der Waals surface area contributed by atoms with Crippen molar-refractivity contribution in [2.75, 3.05) is 34.2 Å². The maximum absolute atomic E-state index is 12.1. The van der Waals surface area contributed by atoms with E-state index < -0.39 is 10.0 Å². The Morgan fingerprint density at radius 3 is 2.58 bits per heavy atom. The Balaban J connectivity index is 2.83. The lowest BCUT2D eigenvalue weighted by Gasteiger charge is -2.10. The Morgan fingerprint density at radius 1 is 1.37 bits per heavy atom. The Hall–Kier alpha value is -0.890. The number of likely N-dealkylation sites (N-methyl/N-ethyl adjacent to an activating group) is 1. The topological polar surface area (TPSA) is 66.4 Å². The average molecular weight is 288 g/mol. The Bertz CT molecular complexity index is 494. The van der Waals surface area contributed by atoms with Gasteiger partial charge in [0.2, 0.25) is 10.0 Å². The van der Waals surface area contributed by atoms with Gasteiger partial charge in [0.25, 0.3) is 0 Å². The summed E-state index contributed by atoms with van der Waals surface area (Å²) in [6.45, 7) is 4.49. The predicted octanol–water partition coefficient (Wildman–Crippen LogP) is 0.0673. The van der Waals surface area contributed by atoms with E-state index in [-0.39, 0.29) is 0 Å². The molecular weight excluding hydrogens is 264 g/mol. The van der Waals surface area contributed by atoms with Gasteiger partial charge in [-0.2, -0.15) is 0 Å². The first-order valence-electron chi connectivity index (χ1n) is 6.38. The number of aromatic nitrogens is 1. The van der Waals surface area contributed by atoms with Crippen LogP contribution in [0.3, 0.4) is 0 Å². The molecule has 1 aromatic rings. The van der Waals surface area contributed by atoms with Crippen LogP contribution in [0.2, 0.25) is 0 Å². The monoisotopic (exact) mass is 288 g/mol. The highest BCUT2D eigenvalue weighted by molar-refractivity contribution is 7.89. The van der Waals surface area contributed by atoms with Crippen LogP contribution < -0.4 is 10.0 Å². The first-order valence-corrected chi connectivity index (χ1v) is 7.87. The van der Waals surface area contributed by atoms with E-state index in [0.29, 0.717) is 24.5 Å². The molecule has 6 nitrogen and oxygen atoms in total. The largest absolute Gasteiger partial charge is 0.349 e. The second-order valence-electron chi connectivity index (χ2n) is 4.68. The maximum Gasteiger partial charge on any atom is 0.242 e. The molecule has 110 valence electrons. The predicted molar refractivity (Wildman–Crippen MR) is 76.6 cm³/mol. The molecule has 0 aliphatic heterocycles. The number of rotatable bonds is 8. The molecule has 19 heavy (non-hydrogen) atoms. The summed E-state index contributed by atoms with van der Waals surface area (Å²) >= 11 is 0. The van der Waals surface area contributed by atoms with E-state index in [1.54, 1.807) is 12.3 Å². The van der Waals surface area contributed by atoms with Crippen molar-refractivity contribution in [2.24, 2.45) is 0 Å². The zero-order valence-corrected chi connectivity index (χ0v) is 12.9. The lowest BCUT2D eigenvalue weighted by molar-refractivity contribution is 0.412. The first-order chi connectivity index (χ1) is 8.90. The summed E-state index contributed by atoms with van der Waals surface area (Å²) in [6, 6.07) is 1.72. The zero-order valence-electron chi connectivity index (χ0n) is 12.1. The minimum Gasteiger partial charge on any atom is -0.349 e. The molecular formula is C12H24N4O2S. The highest BCUT2D eigenvalue weighted by Gasteiger charge is 2.17. The van der Waals surface area contributed by atoms with E-state index in [1.807, 2.05) is 37.5 Å². The molecule has 7 heteroatoms. The molecule has 0 radical (unpaired) electrons. The Kier molecular flexibility index (Phi) is 5.99. The summed E-state index contributed by atoms with van der Waals surface area (Å²) in [5.74, 6) is 0. The van der Waals surface area contributed by atoms with E-state index in [0.717, 1.165) is 12.2 Å². The van der Waals surface area contributed by atoms with Crippen LogP contribution in [0, 0.1) is 0 Å². The quantitative estimate of drug-likeness (QED) is 0.710. The molecule has 0 aliphatic rings. The number of sulfonamides is 1. The molecule has 0 atom stereocenters. The molecule has 0 amide bonds. The molecule has 0 saturated heterocycles. The highest BCUT2D eigenvalue weighted by Crippen LogP contribution is 2.14. The van der Waals surface area contributed by atoms with Crippen LogP contribution in [0.4, 0.5) is 0 Å². The second kappa shape index (κ2) is 7.04. The van der Waals surface area contributed by atoms with Crippen LogP contribution in [0.15, 0.2) is 17.2 Å². The van der Waals surface area contributed by atoms with Gasteiger partial charge in [0.15, 0.2) is 0 Å². The SMILES string of the molecule is CCn1cc(S(=O)(=O)NCCN(C)C)cc1CNC. The number of hydrogen-bond acceptors (Lipinski definition) is 4. The van der Waals surface area contributed by atoms with Crippen molar-refractivity contribution in [3.63, 3.8) is 0 Å². The van der Waals surface area contributed by atoms with Gasteiger partial charge < -0.3 is 14.8 Å². The van der Waals surface area contributed by atoms with E-state index in [4.69, 9.17) is 0 Å². The maximum atomic E-state index is 12.1. The fourth-order valence-electron chi connectivity index (χ4n) is 1.78. The normalized spacial score (nSPS) is 12.3. The molecule has 1 heterocycles. The third-order valence-corrected chi connectivity index (χ3v) is 4.25. The molecule has 1 aromatic heterocycles. The van der Waals surface area contributed by atoms with Gasteiger partial charge in [-0.25, -0.2) is 13.1 Å². The van der Waals surface area contributed by atoms with Gasteiger partial charge in [0, 0.05) is 38.1 Å². The van der Waals surface area contributed by atoms with E-state index in [9.17, 15) is 8.42 Å². The lowest BCUT2D eigenvalue weighted by Crippen LogP contribution is -2.31. The molecule has 0 fully saturated rings. The summed E-state index contributed by atoms with van der Waals surface area (Å²) in [7, 11) is 2.25. The molecule has 0 aromatic carbocycles. The summed E-state index contributed by atoms with van der Waals surface area (Å²) in [5, 5.41) is 3.04. The Labute approximate surface area is 115 Å². The molecule has 0 spiro atoms. The standard InChI is InChI=1S/C12H24N4O2S/c1-5-16-10-12(8-11(16)9-13-2)19(17,18)14-6-7-15(3)4/h8,10,13-14H,5-7,9H2,1-4H3. The number of nitrogens with one attached hydrogen (secondary N) is 2. The van der Waals surface area contributed by atoms with E-state index in [1.165, 1.54) is 0 Å². The third-order valence-electron chi connectivity index (χ3n) is 2.82. The summed E-state index contributed by atoms with van der Waals surface area (Å²) in [5.41, 5.74) is 0.970. The van der Waals surface area contributed by atoms with Crippen LogP contribution in [0.5, 0.6) is 0 Å². The molecule has 0 aliphatic carbocycles. The average Bonchev–Trinajstić information content (AvgIpc) is 2.72. The van der Waals surface area contributed by atoms with Crippen molar-refractivity contribution in [3.8, 4) is 0 Å². The van der Waals surface area contributed by atoms with Crippen molar-refractivity contribution in [1.29, 1.82) is 0 Å². The second-order valence-corrected chi connectivity index (χ2v) is 6.45. The molecule has 0 unspecified atom stereocenters. The smallest absolute Gasteiger partial charge is 0.242 e. The summed E-state index contributed by atoms with van der Waals surface area (Å²) < 4.78 is 28.8. The fourth-order valence-corrected chi connectivity index (χ4v) is 2.87. The van der Waals surface area contributed by atoms with Gasteiger partial charge in [-0.15, -0.1) is 0 Å². The van der Waals surface area contributed by atoms with E-state index >= 15 is 0 Å². The number of nitrogens with zero attached hydrogens (tertiary/aromatic N) is 2. The van der Waals surface area contributed by atoms with Gasteiger partial charge in [0.1, 0.15) is 0 Å². The number of hydrogen-bond donors (Lipinski definition) is 2. The molecule has 0 saturated carbocycles. The van der Waals surface area contributed by atoms with Gasteiger partial charge in [-0.1, -0.05) is 0 Å². The Morgan fingerprint density at radius 2 is 2.05 bits per heavy atom. The minimum atomic E-state index is -3.41. The summed E-state index contributed by atoms with van der Waals surface area (Å²) in [6.07, 6.45) is 1.69. The van der Waals surface area contributed by atoms with Crippen LogP contribution in [-0.2, 0) is 23.1 Å². The summed E-state index contributed by atoms with van der Waals surface area (Å²) in [4.78, 5) is 2.27. The first kappa shape index (κ1) is 16.2. The fraction of sp³-hybridized carbons (Fsp3) is 0.667. The highest BCUT2D eigenvalue weighted by atomic mass is 32.2. The van der Waals surface area contributed by atoms with Gasteiger partial charge in [-0.05, 0) is 34.1 Å². The van der Waals surface area contributed by atoms with Crippen LogP contribution in [-0.4, -0.2) is 52.1 Å². The van der Waals surface area contributed by atoms with Crippen molar-refractivity contribution >= 4 is 10.0 Å². The van der Waals surface area contributed by atoms with Crippen LogP contribution in [0.25, 0.3) is 0 Å². The third kappa shape index (κ3) is 4.61. The van der Waals surface area contributed by atoms with Crippen LogP contribution >= 0.6 is 0 Å². The van der Waals surface area contributed by atoms with Crippen molar-refractivity contribution in [1.82, 2.24) is 19.5 Å². The van der Waals surface area contributed by atoms with Crippen molar-refractivity contribution in [2.45, 2.75) is 24.9 Å². The molecule has 1 rings (SSSR count). The van der Waals surface area contributed by atoms with E-state index in [2.05, 4.69) is 10.0 Å². The zero-order chi connectivity index (χ0) is 14.5.